The summed E-state index contributed by atoms with van der Waals surface area (Å²) in [6, 6.07) is -1.10. The van der Waals surface area contributed by atoms with Gasteiger partial charge in [-0.1, -0.05) is 0 Å². The van der Waals surface area contributed by atoms with Crippen LogP contribution >= 0.6 is 0 Å². The number of nitrogens with one attached hydrogen (secondary N) is 1. The maximum absolute atomic E-state index is 10.7. The number of carbonyl (C=O) groups is 1. The zero-order valence-corrected chi connectivity index (χ0v) is 20.2. The van der Waals surface area contributed by atoms with Crippen LogP contribution in [-0.2, 0) is 23.7 Å². The number of hydrogen-bond donors (Lipinski definition) is 13. The Balaban J connectivity index is 0.000000293. The van der Waals surface area contributed by atoms with Crippen LogP contribution in [0.2, 0.25) is 0 Å². The Morgan fingerprint density at radius 1 is 0.632 bits per heavy atom. The molecule has 0 bridgehead atoms. The fourth-order valence-corrected chi connectivity index (χ4v) is 4.06. The molecule has 0 aromatic heterocycles. The third-order valence-corrected chi connectivity index (χ3v) is 6.25. The highest BCUT2D eigenvalue weighted by atomic mass is 16.7. The fourth-order valence-electron chi connectivity index (χ4n) is 4.06. The third kappa shape index (κ3) is 7.52. The summed E-state index contributed by atoms with van der Waals surface area (Å²) in [5.41, 5.74) is 0. The van der Waals surface area contributed by atoms with E-state index in [1.807, 2.05) is 0 Å². The van der Waals surface area contributed by atoms with E-state index in [0.717, 1.165) is 0 Å². The SMILES string of the molecule is CC(=O)N[C@H]1C(O)O[C@H](CO)[C@@H](O)[C@@H]1O.OC[C@H]1O[C@@H](O[C@H]2[C@H](O)[C@@H](O)C(O)O[C@@H]2CO)[C@H](O)[C@@H](O)[C@H]1O. The molecule has 3 aliphatic rings. The zero-order chi connectivity index (χ0) is 28.9. The van der Waals surface area contributed by atoms with Gasteiger partial charge >= 0.3 is 0 Å². The molecule has 0 aromatic rings. The lowest BCUT2D eigenvalue weighted by Crippen LogP contribution is -2.64. The highest BCUT2D eigenvalue weighted by molar-refractivity contribution is 5.73. The summed E-state index contributed by atoms with van der Waals surface area (Å²) < 4.78 is 20.1. The quantitative estimate of drug-likeness (QED) is 0.143. The number of ether oxygens (including phenoxy) is 4. The van der Waals surface area contributed by atoms with Crippen LogP contribution in [0.25, 0.3) is 0 Å². The summed E-state index contributed by atoms with van der Waals surface area (Å²) in [4.78, 5) is 10.7. The Morgan fingerprint density at radius 3 is 1.66 bits per heavy atom. The first-order valence-corrected chi connectivity index (χ1v) is 11.6. The smallest absolute Gasteiger partial charge is 0.217 e. The van der Waals surface area contributed by atoms with Crippen LogP contribution in [-0.4, -0.2) is 179 Å². The van der Waals surface area contributed by atoms with Gasteiger partial charge in [-0.25, -0.2) is 0 Å². The number of aliphatic hydroxyl groups excluding tert-OH is 12. The van der Waals surface area contributed by atoms with Gasteiger partial charge in [0.05, 0.1) is 19.8 Å². The summed E-state index contributed by atoms with van der Waals surface area (Å²) in [6.07, 6.45) is -20.8. The monoisotopic (exact) mass is 563 g/mol. The molecule has 3 saturated heterocycles. The number of aliphatic hydroxyl groups is 12. The van der Waals surface area contributed by atoms with Gasteiger partial charge in [-0.05, 0) is 0 Å². The molecule has 13 N–H and O–H groups in total. The van der Waals surface area contributed by atoms with E-state index < -0.39 is 118 Å². The van der Waals surface area contributed by atoms with Crippen LogP contribution in [0.4, 0.5) is 0 Å². The van der Waals surface area contributed by atoms with E-state index >= 15 is 0 Å². The zero-order valence-electron chi connectivity index (χ0n) is 20.2. The minimum absolute atomic E-state index is 0.462. The maximum atomic E-state index is 10.7. The Morgan fingerprint density at radius 2 is 1.13 bits per heavy atom. The number of carbonyl (C=O) groups excluding carboxylic acids is 1. The summed E-state index contributed by atoms with van der Waals surface area (Å²) in [7, 11) is 0. The molecular formula is C20H37NO17. The minimum Gasteiger partial charge on any atom is -0.394 e. The molecular weight excluding hydrogens is 526 g/mol. The molecule has 3 fully saturated rings. The predicted molar refractivity (Wildman–Crippen MR) is 116 cm³/mol. The topological polar surface area (TPSA) is 309 Å². The first-order chi connectivity index (χ1) is 17.8. The molecule has 0 aromatic carbocycles. The predicted octanol–water partition coefficient (Wildman–Crippen LogP) is -8.47. The van der Waals surface area contributed by atoms with Crippen molar-refractivity contribution in [3.63, 3.8) is 0 Å². The number of rotatable bonds is 6. The molecule has 3 rings (SSSR count). The van der Waals surface area contributed by atoms with Gasteiger partial charge in [-0.2, -0.15) is 0 Å². The standard InChI is InChI=1S/C12H22O11.C8H15NO6/c13-1-3-5(15)6(16)9(19)12(22-3)23-10-4(2-14)21-11(20)8(18)7(10)17;1-3(11)9-5-7(13)6(12)4(2-10)15-8(5)14/h3-20H,1-2H2;4-8,10,12-14H,2H2,1H3,(H,9,11)/t3-,4-,5+,6+,7-,8-,9-,10-,11?,12+;4-,5-,6-,7-,8?/m11/s1. The second kappa shape index (κ2) is 14.5. The third-order valence-electron chi connectivity index (χ3n) is 6.25. The lowest BCUT2D eigenvalue weighted by atomic mass is 9.97. The first kappa shape index (κ1) is 33.0. The normalized spacial score (nSPS) is 47.6. The van der Waals surface area contributed by atoms with Gasteiger partial charge in [0.1, 0.15) is 73.2 Å². The Labute approximate surface area is 215 Å². The van der Waals surface area contributed by atoms with Gasteiger partial charge in [0.2, 0.25) is 5.91 Å². The molecule has 0 saturated carbocycles. The van der Waals surface area contributed by atoms with Crippen molar-refractivity contribution in [3.05, 3.63) is 0 Å². The maximum Gasteiger partial charge on any atom is 0.217 e. The van der Waals surface area contributed by atoms with Crippen LogP contribution in [0, 0.1) is 0 Å². The largest absolute Gasteiger partial charge is 0.394 e. The van der Waals surface area contributed by atoms with E-state index in [0.29, 0.717) is 0 Å². The summed E-state index contributed by atoms with van der Waals surface area (Å²) in [6.45, 7) is -0.658. The van der Waals surface area contributed by atoms with E-state index in [1.54, 1.807) is 0 Å². The van der Waals surface area contributed by atoms with Crippen molar-refractivity contribution >= 4 is 5.91 Å². The van der Waals surface area contributed by atoms with Crippen molar-refractivity contribution < 1.29 is 85.0 Å². The molecule has 18 nitrogen and oxygen atoms in total. The van der Waals surface area contributed by atoms with Crippen molar-refractivity contribution in [2.75, 3.05) is 19.8 Å². The molecule has 0 aliphatic carbocycles. The molecule has 3 heterocycles. The average Bonchev–Trinajstić information content (AvgIpc) is 2.89. The molecule has 0 spiro atoms. The van der Waals surface area contributed by atoms with Crippen molar-refractivity contribution in [2.45, 2.75) is 99.0 Å². The molecule has 38 heavy (non-hydrogen) atoms. The molecule has 15 atom stereocenters. The Hall–Kier alpha value is -1.17. The molecule has 3 aliphatic heterocycles. The second-order valence-corrected chi connectivity index (χ2v) is 8.98. The van der Waals surface area contributed by atoms with Gasteiger partial charge in [-0.3, -0.25) is 4.79 Å². The fraction of sp³-hybridized carbons (Fsp3) is 0.950. The van der Waals surface area contributed by atoms with Crippen molar-refractivity contribution in [1.29, 1.82) is 0 Å². The molecule has 1 amide bonds. The lowest BCUT2D eigenvalue weighted by Gasteiger charge is -2.45. The van der Waals surface area contributed by atoms with Crippen LogP contribution in [0.3, 0.4) is 0 Å². The van der Waals surface area contributed by atoms with Crippen LogP contribution in [0.15, 0.2) is 0 Å². The number of amides is 1. The van der Waals surface area contributed by atoms with Crippen LogP contribution < -0.4 is 5.32 Å². The van der Waals surface area contributed by atoms with E-state index in [1.165, 1.54) is 6.92 Å². The Kier molecular flexibility index (Phi) is 12.6. The van der Waals surface area contributed by atoms with E-state index in [-0.39, 0.29) is 0 Å². The van der Waals surface area contributed by atoms with E-state index in [2.05, 4.69) is 5.32 Å². The Bertz CT molecular complexity index is 730. The van der Waals surface area contributed by atoms with Gasteiger partial charge in [0.25, 0.3) is 0 Å². The summed E-state index contributed by atoms with van der Waals surface area (Å²) >= 11 is 0. The highest BCUT2D eigenvalue weighted by Gasteiger charge is 2.50. The van der Waals surface area contributed by atoms with E-state index in [4.69, 9.17) is 29.2 Å². The van der Waals surface area contributed by atoms with Crippen LogP contribution in [0.1, 0.15) is 6.92 Å². The second-order valence-electron chi connectivity index (χ2n) is 8.98. The van der Waals surface area contributed by atoms with Gasteiger partial charge in [-0.15, -0.1) is 0 Å². The molecule has 2 unspecified atom stereocenters. The number of hydrogen-bond acceptors (Lipinski definition) is 17. The average molecular weight is 564 g/mol. The highest BCUT2D eigenvalue weighted by Crippen LogP contribution is 2.28. The summed E-state index contributed by atoms with van der Waals surface area (Å²) in [5.74, 6) is -0.462. The first-order valence-electron chi connectivity index (χ1n) is 11.6. The lowest BCUT2D eigenvalue weighted by molar-refractivity contribution is -0.355. The van der Waals surface area contributed by atoms with Crippen molar-refractivity contribution in [3.8, 4) is 0 Å². The minimum atomic E-state index is -1.74. The van der Waals surface area contributed by atoms with Crippen LogP contribution in [0.5, 0.6) is 0 Å². The van der Waals surface area contributed by atoms with E-state index in [9.17, 15) is 55.9 Å². The van der Waals surface area contributed by atoms with Crippen molar-refractivity contribution in [1.82, 2.24) is 5.32 Å². The van der Waals surface area contributed by atoms with Gasteiger partial charge in [0.15, 0.2) is 18.9 Å². The van der Waals surface area contributed by atoms with Gasteiger partial charge in [0, 0.05) is 6.92 Å². The molecule has 224 valence electrons. The summed E-state index contributed by atoms with van der Waals surface area (Å²) in [5, 5.41) is 116. The van der Waals surface area contributed by atoms with Crippen molar-refractivity contribution in [2.24, 2.45) is 0 Å². The van der Waals surface area contributed by atoms with Gasteiger partial charge < -0.3 is 85.5 Å². The molecule has 0 radical (unpaired) electrons. The molecule has 18 heteroatoms.